The van der Waals surface area contributed by atoms with Gasteiger partial charge < -0.3 is 20.2 Å². The van der Waals surface area contributed by atoms with Crippen LogP contribution in [0.3, 0.4) is 0 Å². The van der Waals surface area contributed by atoms with Gasteiger partial charge in [-0.2, -0.15) is 9.38 Å². The summed E-state index contributed by atoms with van der Waals surface area (Å²) >= 11 is 1.37. The molecule has 0 aromatic carbocycles. The van der Waals surface area contributed by atoms with Gasteiger partial charge in [0.05, 0.1) is 12.6 Å². The van der Waals surface area contributed by atoms with E-state index in [1.807, 2.05) is 20.8 Å². The van der Waals surface area contributed by atoms with Crippen molar-refractivity contribution in [1.82, 2.24) is 9.38 Å². The van der Waals surface area contributed by atoms with Crippen molar-refractivity contribution in [3.63, 3.8) is 0 Å². The summed E-state index contributed by atoms with van der Waals surface area (Å²) in [4.78, 5) is 15.7. The van der Waals surface area contributed by atoms with E-state index in [0.29, 0.717) is 24.0 Å². The molecule has 0 amide bonds. The molecule has 7 nitrogen and oxygen atoms in total. The summed E-state index contributed by atoms with van der Waals surface area (Å²) < 4.78 is 6.91. The van der Waals surface area contributed by atoms with Crippen LogP contribution in [0.25, 0.3) is 4.96 Å². The number of rotatable bonds is 7. The lowest BCUT2D eigenvalue weighted by Gasteiger charge is -2.21. The first-order valence-electron chi connectivity index (χ1n) is 6.48. The lowest BCUT2D eigenvalue weighted by molar-refractivity contribution is -0.389. The maximum absolute atomic E-state index is 11.2. The third-order valence-electron chi connectivity index (χ3n) is 3.04. The molecule has 0 saturated heterocycles. The van der Waals surface area contributed by atoms with Crippen molar-refractivity contribution in [2.75, 3.05) is 18.5 Å². The minimum absolute atomic E-state index is 0.0155. The van der Waals surface area contributed by atoms with Crippen molar-refractivity contribution in [2.24, 2.45) is 5.92 Å². The highest BCUT2D eigenvalue weighted by Crippen LogP contribution is 2.29. The molecule has 2 aromatic rings. The highest BCUT2D eigenvalue weighted by Gasteiger charge is 2.26. The van der Waals surface area contributed by atoms with Gasteiger partial charge in [0.1, 0.15) is 6.20 Å². The van der Waals surface area contributed by atoms with Crippen molar-refractivity contribution in [3.8, 4) is 0 Å². The van der Waals surface area contributed by atoms with Crippen molar-refractivity contribution in [1.29, 1.82) is 0 Å². The number of nitro groups is 1. The van der Waals surface area contributed by atoms with Gasteiger partial charge >= 0.3 is 5.82 Å². The molecule has 0 saturated carbocycles. The van der Waals surface area contributed by atoms with Gasteiger partial charge in [-0.05, 0) is 17.8 Å². The zero-order valence-electron chi connectivity index (χ0n) is 11.7. The van der Waals surface area contributed by atoms with Crippen molar-refractivity contribution < 1.29 is 9.66 Å². The number of fused-ring (bicyclic) bond motifs is 1. The largest absolute Gasteiger partial charge is 0.380 e. The van der Waals surface area contributed by atoms with E-state index in [2.05, 4.69) is 10.3 Å². The van der Waals surface area contributed by atoms with E-state index < -0.39 is 4.92 Å². The van der Waals surface area contributed by atoms with Crippen molar-refractivity contribution in [3.05, 3.63) is 21.7 Å². The van der Waals surface area contributed by atoms with Crippen LogP contribution in [0, 0.1) is 16.0 Å². The van der Waals surface area contributed by atoms with E-state index in [1.165, 1.54) is 15.7 Å². The average Bonchev–Trinajstić information content (AvgIpc) is 2.93. The highest BCUT2D eigenvalue weighted by molar-refractivity contribution is 7.15. The zero-order valence-corrected chi connectivity index (χ0v) is 12.5. The molecule has 2 aromatic heterocycles. The second-order valence-electron chi connectivity index (χ2n) is 4.75. The summed E-state index contributed by atoms with van der Waals surface area (Å²) in [6.45, 7) is 7.12. The number of ether oxygens (including phenoxy) is 1. The maximum Gasteiger partial charge on any atom is 0.372 e. The molecule has 0 fully saturated rings. The third-order valence-corrected chi connectivity index (χ3v) is 3.79. The topological polar surface area (TPSA) is 81.7 Å². The molecule has 2 heterocycles. The van der Waals surface area contributed by atoms with Gasteiger partial charge in [0, 0.05) is 12.0 Å². The fourth-order valence-corrected chi connectivity index (χ4v) is 2.58. The first-order chi connectivity index (χ1) is 9.54. The molecule has 1 N–H and O–H groups in total. The SMILES string of the molecule is CCOCC(Nc1nc2sccn2c1[N+](=O)[O-])C(C)C. The Kier molecular flexibility index (Phi) is 4.56. The van der Waals surface area contributed by atoms with E-state index in [4.69, 9.17) is 4.74 Å². The Morgan fingerprint density at radius 3 is 2.95 bits per heavy atom. The Balaban J connectivity index is 2.29. The smallest absolute Gasteiger partial charge is 0.372 e. The molecule has 8 heteroatoms. The van der Waals surface area contributed by atoms with Gasteiger partial charge in [0.15, 0.2) is 0 Å². The van der Waals surface area contributed by atoms with E-state index in [9.17, 15) is 10.1 Å². The van der Waals surface area contributed by atoms with Crippen molar-refractivity contribution in [2.45, 2.75) is 26.8 Å². The van der Waals surface area contributed by atoms with E-state index >= 15 is 0 Å². The average molecular weight is 298 g/mol. The molecule has 0 aliphatic heterocycles. The third kappa shape index (κ3) is 2.91. The standard InChI is InChI=1S/C12H18N4O3S/c1-4-19-7-9(8(2)3)13-10-11(16(17)18)15-5-6-20-12(15)14-10/h5-6,8-9,13H,4,7H2,1-3H3. The highest BCUT2D eigenvalue weighted by atomic mass is 32.1. The van der Waals surface area contributed by atoms with Gasteiger partial charge in [0.25, 0.3) is 4.96 Å². The van der Waals surface area contributed by atoms with Crippen LogP contribution in [-0.4, -0.2) is 33.6 Å². The van der Waals surface area contributed by atoms with Gasteiger partial charge in [-0.3, -0.25) is 0 Å². The Labute approximate surface area is 120 Å². The molecule has 0 aliphatic rings. The molecule has 1 unspecified atom stereocenters. The van der Waals surface area contributed by atoms with Gasteiger partial charge in [-0.25, -0.2) is 0 Å². The molecule has 0 bridgehead atoms. The Hall–Kier alpha value is -1.67. The Morgan fingerprint density at radius 2 is 2.35 bits per heavy atom. The molecule has 110 valence electrons. The minimum atomic E-state index is -0.410. The Bertz CT molecular complexity index is 593. The number of aromatic nitrogens is 2. The van der Waals surface area contributed by atoms with Crippen LogP contribution >= 0.6 is 11.3 Å². The summed E-state index contributed by atoms with van der Waals surface area (Å²) in [5.41, 5.74) is 0. The first-order valence-corrected chi connectivity index (χ1v) is 7.36. The molecule has 1 atom stereocenters. The van der Waals surface area contributed by atoms with Crippen molar-refractivity contribution >= 4 is 27.9 Å². The quantitative estimate of drug-likeness (QED) is 0.628. The van der Waals surface area contributed by atoms with E-state index in [0.717, 1.165) is 0 Å². The second kappa shape index (κ2) is 6.19. The molecule has 2 rings (SSSR count). The van der Waals surface area contributed by atoms with Crippen LogP contribution in [0.2, 0.25) is 0 Å². The fraction of sp³-hybridized carbons (Fsp3) is 0.583. The molecular formula is C12H18N4O3S. The number of nitrogens with zero attached hydrogens (tertiary/aromatic N) is 3. The van der Waals surface area contributed by atoms with Crippen LogP contribution in [0.15, 0.2) is 11.6 Å². The van der Waals surface area contributed by atoms with Gasteiger partial charge in [0.2, 0.25) is 5.82 Å². The number of thiazole rings is 1. The first kappa shape index (κ1) is 14.7. The Morgan fingerprint density at radius 1 is 1.60 bits per heavy atom. The van der Waals surface area contributed by atoms with Crippen LogP contribution in [0.5, 0.6) is 0 Å². The molecular weight excluding hydrogens is 280 g/mol. The number of nitrogens with one attached hydrogen (secondary N) is 1. The molecule has 0 radical (unpaired) electrons. The van der Waals surface area contributed by atoms with Crippen LogP contribution in [0.1, 0.15) is 20.8 Å². The summed E-state index contributed by atoms with van der Waals surface area (Å²) in [5, 5.41) is 16.2. The lowest BCUT2D eigenvalue weighted by Crippen LogP contribution is -2.31. The molecule has 0 aliphatic carbocycles. The fourth-order valence-electron chi connectivity index (χ4n) is 1.87. The van der Waals surface area contributed by atoms with E-state index in [1.54, 1.807) is 11.6 Å². The van der Waals surface area contributed by atoms with Crippen LogP contribution in [0.4, 0.5) is 11.6 Å². The molecule has 20 heavy (non-hydrogen) atoms. The van der Waals surface area contributed by atoms with Gasteiger partial charge in [-0.15, -0.1) is 0 Å². The van der Waals surface area contributed by atoms with Crippen LogP contribution in [-0.2, 0) is 4.74 Å². The number of anilines is 1. The summed E-state index contributed by atoms with van der Waals surface area (Å²) in [7, 11) is 0. The van der Waals surface area contributed by atoms with E-state index in [-0.39, 0.29) is 17.8 Å². The number of hydrogen-bond donors (Lipinski definition) is 1. The maximum atomic E-state index is 11.2. The van der Waals surface area contributed by atoms with Crippen LogP contribution < -0.4 is 5.32 Å². The second-order valence-corrected chi connectivity index (χ2v) is 5.62. The summed E-state index contributed by atoms with van der Waals surface area (Å²) in [6, 6.07) is -0.0155. The predicted octanol–water partition coefficient (Wildman–Crippen LogP) is 2.78. The number of imidazole rings is 1. The minimum Gasteiger partial charge on any atom is -0.380 e. The zero-order chi connectivity index (χ0) is 14.7. The summed E-state index contributed by atoms with van der Waals surface area (Å²) in [5.74, 6) is 0.560. The molecule has 0 spiro atoms. The number of hydrogen-bond acceptors (Lipinski definition) is 6. The van der Waals surface area contributed by atoms with Gasteiger partial charge in [-0.1, -0.05) is 25.2 Å². The summed E-state index contributed by atoms with van der Waals surface area (Å²) in [6.07, 6.45) is 1.66. The monoisotopic (exact) mass is 298 g/mol. The lowest BCUT2D eigenvalue weighted by atomic mass is 10.1. The normalized spacial score (nSPS) is 13.0. The predicted molar refractivity (Wildman–Crippen MR) is 78.5 cm³/mol.